The van der Waals surface area contributed by atoms with Crippen LogP contribution < -0.4 is 5.32 Å². The van der Waals surface area contributed by atoms with Crippen molar-refractivity contribution in [2.75, 3.05) is 27.2 Å². The lowest BCUT2D eigenvalue weighted by Gasteiger charge is -2.53. The highest BCUT2D eigenvalue weighted by Crippen LogP contribution is 2.52. The zero-order chi connectivity index (χ0) is 14.8. The van der Waals surface area contributed by atoms with Crippen LogP contribution in [0, 0.1) is 5.41 Å². The van der Waals surface area contributed by atoms with Gasteiger partial charge in [0, 0.05) is 19.1 Å². The first-order valence-electron chi connectivity index (χ1n) is 7.52. The van der Waals surface area contributed by atoms with Crippen molar-refractivity contribution in [2.24, 2.45) is 5.41 Å². The van der Waals surface area contributed by atoms with Crippen LogP contribution in [-0.2, 0) is 0 Å². The Bertz CT molecular complexity index is 416. The maximum Gasteiger partial charge on any atom is 0.0791 e. The van der Waals surface area contributed by atoms with Gasteiger partial charge < -0.3 is 15.3 Å². The first-order valence-corrected chi connectivity index (χ1v) is 7.52. The molecule has 2 N–H and O–H groups in total. The minimum atomic E-state index is -0.295. The molecule has 1 saturated carbocycles. The van der Waals surface area contributed by atoms with E-state index in [0.717, 1.165) is 6.42 Å². The lowest BCUT2D eigenvalue weighted by atomic mass is 9.56. The molecule has 0 aliphatic heterocycles. The largest absolute Gasteiger partial charge is 0.390 e. The van der Waals surface area contributed by atoms with Crippen LogP contribution >= 0.6 is 0 Å². The smallest absolute Gasteiger partial charge is 0.0791 e. The number of benzene rings is 1. The van der Waals surface area contributed by atoms with Crippen LogP contribution in [0.15, 0.2) is 30.3 Å². The van der Waals surface area contributed by atoms with Gasteiger partial charge in [-0.15, -0.1) is 0 Å². The van der Waals surface area contributed by atoms with Gasteiger partial charge in [-0.2, -0.15) is 0 Å². The molecule has 3 heteroatoms. The van der Waals surface area contributed by atoms with Crippen LogP contribution in [0.25, 0.3) is 0 Å². The fourth-order valence-corrected chi connectivity index (χ4v) is 3.29. The molecule has 0 amide bonds. The van der Waals surface area contributed by atoms with Crippen molar-refractivity contribution in [3.63, 3.8) is 0 Å². The minimum absolute atomic E-state index is 0.249. The van der Waals surface area contributed by atoms with Gasteiger partial charge in [0.25, 0.3) is 0 Å². The first kappa shape index (κ1) is 15.5. The Hall–Kier alpha value is -0.900. The highest BCUT2D eigenvalue weighted by atomic mass is 16.3. The van der Waals surface area contributed by atoms with E-state index in [1.54, 1.807) is 0 Å². The molecule has 0 aromatic heterocycles. The molecule has 0 unspecified atom stereocenters. The van der Waals surface area contributed by atoms with E-state index in [4.69, 9.17) is 0 Å². The van der Waals surface area contributed by atoms with Crippen molar-refractivity contribution in [3.05, 3.63) is 35.9 Å². The molecular weight excluding hydrogens is 248 g/mol. The van der Waals surface area contributed by atoms with Crippen LogP contribution in [0.4, 0.5) is 0 Å². The molecule has 3 atom stereocenters. The average molecular weight is 276 g/mol. The molecule has 1 aromatic rings. The number of nitrogens with one attached hydrogen (secondary N) is 1. The Kier molecular flexibility index (Phi) is 4.84. The summed E-state index contributed by atoms with van der Waals surface area (Å²) in [5.41, 5.74) is 1.68. The standard InChI is InChI=1S/C17H28N2O/c1-17(2)15(13-8-6-5-7-9-13)10-16(17)18-11-14(20)12-19(3)4/h5-9,14-16,18,20H,10-12H2,1-4H3/t14-,15-,16+/m1/s1. The number of aliphatic hydroxyl groups excluding tert-OH is 1. The maximum atomic E-state index is 9.94. The van der Waals surface area contributed by atoms with Gasteiger partial charge in [0.15, 0.2) is 0 Å². The second-order valence-corrected chi connectivity index (χ2v) is 6.90. The minimum Gasteiger partial charge on any atom is -0.390 e. The molecule has 0 radical (unpaired) electrons. The Morgan fingerprint density at radius 1 is 1.30 bits per heavy atom. The van der Waals surface area contributed by atoms with Gasteiger partial charge in [-0.1, -0.05) is 44.2 Å². The second kappa shape index (κ2) is 6.25. The Morgan fingerprint density at radius 2 is 1.95 bits per heavy atom. The third-order valence-corrected chi connectivity index (χ3v) is 4.65. The summed E-state index contributed by atoms with van der Waals surface area (Å²) in [7, 11) is 3.98. The van der Waals surface area contributed by atoms with Crippen molar-refractivity contribution in [1.29, 1.82) is 0 Å². The molecule has 1 fully saturated rings. The highest BCUT2D eigenvalue weighted by Gasteiger charge is 2.48. The molecule has 2 rings (SSSR count). The lowest BCUT2D eigenvalue weighted by molar-refractivity contribution is 0.0513. The normalized spacial score (nSPS) is 26.3. The van der Waals surface area contributed by atoms with E-state index in [1.165, 1.54) is 5.56 Å². The third kappa shape index (κ3) is 3.40. The van der Waals surface area contributed by atoms with E-state index in [0.29, 0.717) is 25.0 Å². The van der Waals surface area contributed by atoms with Crippen LogP contribution in [0.3, 0.4) is 0 Å². The molecule has 0 saturated heterocycles. The quantitative estimate of drug-likeness (QED) is 0.835. The van der Waals surface area contributed by atoms with E-state index in [9.17, 15) is 5.11 Å². The molecule has 1 aliphatic rings. The zero-order valence-electron chi connectivity index (χ0n) is 13.1. The summed E-state index contributed by atoms with van der Waals surface area (Å²) in [6.07, 6.45) is 0.864. The Labute approximate surface area is 123 Å². The first-order chi connectivity index (χ1) is 9.41. The summed E-state index contributed by atoms with van der Waals surface area (Å²) in [6, 6.07) is 11.2. The van der Waals surface area contributed by atoms with Crippen molar-refractivity contribution in [3.8, 4) is 0 Å². The number of aliphatic hydroxyl groups is 1. The molecule has 0 heterocycles. The van der Waals surface area contributed by atoms with Crippen LogP contribution in [0.5, 0.6) is 0 Å². The number of likely N-dealkylation sites (N-methyl/N-ethyl adjacent to an activating group) is 1. The Morgan fingerprint density at radius 3 is 2.50 bits per heavy atom. The molecule has 0 bridgehead atoms. The summed E-state index contributed by atoms with van der Waals surface area (Å²) >= 11 is 0. The topological polar surface area (TPSA) is 35.5 Å². The van der Waals surface area contributed by atoms with Crippen LogP contribution in [0.2, 0.25) is 0 Å². The van der Waals surface area contributed by atoms with E-state index in [1.807, 2.05) is 19.0 Å². The zero-order valence-corrected chi connectivity index (χ0v) is 13.1. The van der Waals surface area contributed by atoms with E-state index in [-0.39, 0.29) is 11.5 Å². The SMILES string of the molecule is CN(C)C[C@H](O)CN[C@H]1C[C@H](c2ccccc2)C1(C)C. The molecule has 0 spiro atoms. The number of hydrogen-bond donors (Lipinski definition) is 2. The molecular formula is C17H28N2O. The van der Waals surface area contributed by atoms with Gasteiger partial charge in [0.1, 0.15) is 0 Å². The Balaban J connectivity index is 1.85. The fourth-order valence-electron chi connectivity index (χ4n) is 3.29. The van der Waals surface area contributed by atoms with Gasteiger partial charge in [-0.3, -0.25) is 0 Å². The van der Waals surface area contributed by atoms with Gasteiger partial charge >= 0.3 is 0 Å². The predicted octanol–water partition coefficient (Wildman–Crippen LogP) is 2.08. The summed E-state index contributed by atoms with van der Waals surface area (Å²) in [6.45, 7) is 6.03. The summed E-state index contributed by atoms with van der Waals surface area (Å²) in [5, 5.41) is 13.5. The van der Waals surface area contributed by atoms with Crippen molar-refractivity contribution in [2.45, 2.75) is 38.3 Å². The summed E-state index contributed by atoms with van der Waals surface area (Å²) in [4.78, 5) is 2.02. The second-order valence-electron chi connectivity index (χ2n) is 6.90. The molecule has 3 nitrogen and oxygen atoms in total. The monoisotopic (exact) mass is 276 g/mol. The number of rotatable bonds is 6. The fraction of sp³-hybridized carbons (Fsp3) is 0.647. The molecule has 112 valence electrons. The highest BCUT2D eigenvalue weighted by molar-refractivity contribution is 5.27. The molecule has 1 aromatic carbocycles. The average Bonchev–Trinajstić information content (AvgIpc) is 2.37. The van der Waals surface area contributed by atoms with Crippen LogP contribution in [0.1, 0.15) is 31.7 Å². The van der Waals surface area contributed by atoms with Crippen molar-refractivity contribution >= 4 is 0 Å². The van der Waals surface area contributed by atoms with Crippen LogP contribution in [-0.4, -0.2) is 49.3 Å². The number of hydrogen-bond acceptors (Lipinski definition) is 3. The lowest BCUT2D eigenvalue weighted by Crippen LogP contribution is -2.57. The maximum absolute atomic E-state index is 9.94. The van der Waals surface area contributed by atoms with Gasteiger partial charge in [-0.05, 0) is 37.4 Å². The summed E-state index contributed by atoms with van der Waals surface area (Å²) < 4.78 is 0. The number of nitrogens with zero attached hydrogens (tertiary/aromatic N) is 1. The third-order valence-electron chi connectivity index (χ3n) is 4.65. The van der Waals surface area contributed by atoms with E-state index in [2.05, 4.69) is 49.5 Å². The molecule has 1 aliphatic carbocycles. The predicted molar refractivity (Wildman–Crippen MR) is 83.9 cm³/mol. The summed E-state index contributed by atoms with van der Waals surface area (Å²) in [5.74, 6) is 0.618. The van der Waals surface area contributed by atoms with Crippen molar-refractivity contribution < 1.29 is 5.11 Å². The van der Waals surface area contributed by atoms with Crippen molar-refractivity contribution in [1.82, 2.24) is 10.2 Å². The van der Waals surface area contributed by atoms with Gasteiger partial charge in [-0.25, -0.2) is 0 Å². The van der Waals surface area contributed by atoms with E-state index >= 15 is 0 Å². The van der Waals surface area contributed by atoms with E-state index < -0.39 is 0 Å². The molecule has 20 heavy (non-hydrogen) atoms. The van der Waals surface area contributed by atoms with Gasteiger partial charge in [0.05, 0.1) is 6.10 Å². The van der Waals surface area contributed by atoms with Gasteiger partial charge in [0.2, 0.25) is 0 Å².